The first-order valence-corrected chi connectivity index (χ1v) is 6.69. The van der Waals surface area contributed by atoms with Crippen molar-refractivity contribution in [3.8, 4) is 0 Å². The van der Waals surface area contributed by atoms with E-state index in [1.165, 1.54) is 11.1 Å². The summed E-state index contributed by atoms with van der Waals surface area (Å²) in [6, 6.07) is 8.83. The third-order valence-corrected chi connectivity index (χ3v) is 2.88. The highest BCUT2D eigenvalue weighted by molar-refractivity contribution is 7.98. The molecule has 1 aromatic carbocycles. The van der Waals surface area contributed by atoms with Crippen molar-refractivity contribution >= 4 is 17.8 Å². The predicted octanol–water partition coefficient (Wildman–Crippen LogP) is 4.36. The van der Waals surface area contributed by atoms with Crippen LogP contribution in [0, 0.1) is 0 Å². The molecule has 0 nitrogen and oxygen atoms in total. The van der Waals surface area contributed by atoms with E-state index in [2.05, 4.69) is 63.4 Å². The zero-order valence-corrected chi connectivity index (χ0v) is 10.9. The summed E-state index contributed by atoms with van der Waals surface area (Å²) in [6.45, 7) is 6.72. The summed E-state index contributed by atoms with van der Waals surface area (Å²) in [5, 5.41) is 0. The van der Waals surface area contributed by atoms with Crippen LogP contribution in [0.2, 0.25) is 0 Å². The summed E-state index contributed by atoms with van der Waals surface area (Å²) in [7, 11) is 0. The molecule has 0 amide bonds. The number of benzene rings is 1. The summed E-state index contributed by atoms with van der Waals surface area (Å²) in [4.78, 5) is 0. The second kappa shape index (κ2) is 5.41. The molecule has 15 heavy (non-hydrogen) atoms. The van der Waals surface area contributed by atoms with Crippen molar-refractivity contribution < 1.29 is 0 Å². The average molecular weight is 220 g/mol. The lowest BCUT2D eigenvalue weighted by molar-refractivity contribution is 0.590. The van der Waals surface area contributed by atoms with Crippen LogP contribution in [0.1, 0.15) is 31.9 Å². The molecule has 0 bridgehead atoms. The van der Waals surface area contributed by atoms with Crippen LogP contribution in [0.4, 0.5) is 0 Å². The normalized spacial score (nSPS) is 12.3. The van der Waals surface area contributed by atoms with E-state index >= 15 is 0 Å². The molecule has 0 heterocycles. The average Bonchev–Trinajstić information content (AvgIpc) is 2.18. The number of thioether (sulfide) groups is 1. The Kier molecular flexibility index (Phi) is 4.46. The van der Waals surface area contributed by atoms with Gasteiger partial charge in [-0.05, 0) is 22.8 Å². The molecule has 0 aliphatic rings. The van der Waals surface area contributed by atoms with Crippen LogP contribution in [-0.4, -0.2) is 12.0 Å². The Balaban J connectivity index is 2.73. The molecule has 0 saturated heterocycles. The second-order valence-electron chi connectivity index (χ2n) is 4.73. The van der Waals surface area contributed by atoms with Crippen LogP contribution < -0.4 is 0 Å². The van der Waals surface area contributed by atoms with Gasteiger partial charge in [0.1, 0.15) is 0 Å². The Morgan fingerprint density at radius 2 is 1.73 bits per heavy atom. The largest absolute Gasteiger partial charge is 0.161 e. The molecule has 0 radical (unpaired) electrons. The minimum Gasteiger partial charge on any atom is -0.161 e. The van der Waals surface area contributed by atoms with Gasteiger partial charge in [-0.25, -0.2) is 0 Å². The second-order valence-corrected chi connectivity index (χ2v) is 5.64. The number of hydrogen-bond acceptors (Lipinski definition) is 1. The van der Waals surface area contributed by atoms with Gasteiger partial charge in [-0.3, -0.25) is 0 Å². The SMILES string of the molecule is CSC/C=C/c1ccc(C(C)(C)C)cc1. The zero-order chi connectivity index (χ0) is 11.3. The minimum absolute atomic E-state index is 0.252. The van der Waals surface area contributed by atoms with Crippen LogP contribution in [0.5, 0.6) is 0 Å². The smallest absolute Gasteiger partial charge is 0.0113 e. The number of hydrogen-bond donors (Lipinski definition) is 0. The summed E-state index contributed by atoms with van der Waals surface area (Å²) in [5.74, 6) is 1.08. The van der Waals surface area contributed by atoms with Crippen molar-refractivity contribution in [2.24, 2.45) is 0 Å². The van der Waals surface area contributed by atoms with Crippen molar-refractivity contribution in [3.63, 3.8) is 0 Å². The lowest BCUT2D eigenvalue weighted by atomic mass is 9.87. The Morgan fingerprint density at radius 3 is 2.20 bits per heavy atom. The maximum atomic E-state index is 2.24. The van der Waals surface area contributed by atoms with Crippen molar-refractivity contribution in [3.05, 3.63) is 41.5 Å². The van der Waals surface area contributed by atoms with Crippen LogP contribution in [-0.2, 0) is 5.41 Å². The standard InChI is InChI=1S/C14H20S/c1-14(2,3)13-9-7-12(8-10-13)6-5-11-15-4/h5-10H,11H2,1-4H3/b6-5+. The van der Waals surface area contributed by atoms with E-state index in [0.717, 1.165) is 5.75 Å². The molecule has 0 fully saturated rings. The monoisotopic (exact) mass is 220 g/mol. The van der Waals surface area contributed by atoms with Gasteiger partial charge in [-0.2, -0.15) is 11.8 Å². The van der Waals surface area contributed by atoms with Gasteiger partial charge in [0.25, 0.3) is 0 Å². The van der Waals surface area contributed by atoms with Gasteiger partial charge in [-0.15, -0.1) is 0 Å². The highest BCUT2D eigenvalue weighted by Crippen LogP contribution is 2.22. The molecular formula is C14H20S. The predicted molar refractivity (Wildman–Crippen MR) is 72.6 cm³/mol. The van der Waals surface area contributed by atoms with Gasteiger partial charge in [0.2, 0.25) is 0 Å². The van der Waals surface area contributed by atoms with E-state index in [9.17, 15) is 0 Å². The third-order valence-electron chi connectivity index (χ3n) is 2.35. The quantitative estimate of drug-likeness (QED) is 0.729. The van der Waals surface area contributed by atoms with Gasteiger partial charge < -0.3 is 0 Å². The van der Waals surface area contributed by atoms with Crippen LogP contribution in [0.15, 0.2) is 30.3 Å². The minimum atomic E-state index is 0.252. The molecule has 1 rings (SSSR count). The van der Waals surface area contributed by atoms with Crippen molar-refractivity contribution in [2.75, 3.05) is 12.0 Å². The summed E-state index contributed by atoms with van der Waals surface area (Å²) in [6.07, 6.45) is 6.51. The van der Waals surface area contributed by atoms with Crippen molar-refractivity contribution in [1.82, 2.24) is 0 Å². The molecule has 0 saturated carbocycles. The Hall–Kier alpha value is -0.690. The molecule has 1 heteroatoms. The van der Waals surface area contributed by atoms with E-state index < -0.39 is 0 Å². The van der Waals surface area contributed by atoms with Gasteiger partial charge in [-0.1, -0.05) is 57.2 Å². The van der Waals surface area contributed by atoms with Crippen LogP contribution in [0.25, 0.3) is 6.08 Å². The van der Waals surface area contributed by atoms with E-state index in [4.69, 9.17) is 0 Å². The molecule has 1 aromatic rings. The van der Waals surface area contributed by atoms with Gasteiger partial charge in [0.05, 0.1) is 0 Å². The topological polar surface area (TPSA) is 0 Å². The first-order chi connectivity index (χ1) is 7.04. The summed E-state index contributed by atoms with van der Waals surface area (Å²) >= 11 is 1.84. The highest BCUT2D eigenvalue weighted by Gasteiger charge is 2.12. The molecule has 0 aliphatic heterocycles. The van der Waals surface area contributed by atoms with Crippen LogP contribution >= 0.6 is 11.8 Å². The fourth-order valence-electron chi connectivity index (χ4n) is 1.37. The molecule has 0 N–H and O–H groups in total. The zero-order valence-electron chi connectivity index (χ0n) is 10.1. The van der Waals surface area contributed by atoms with Gasteiger partial charge in [0.15, 0.2) is 0 Å². The third kappa shape index (κ3) is 4.13. The lowest BCUT2D eigenvalue weighted by Gasteiger charge is -2.18. The fourth-order valence-corrected chi connectivity index (χ4v) is 1.66. The highest BCUT2D eigenvalue weighted by atomic mass is 32.2. The van der Waals surface area contributed by atoms with Gasteiger partial charge >= 0.3 is 0 Å². The van der Waals surface area contributed by atoms with Crippen molar-refractivity contribution in [1.29, 1.82) is 0 Å². The summed E-state index contributed by atoms with van der Waals surface area (Å²) < 4.78 is 0. The molecule has 0 spiro atoms. The summed E-state index contributed by atoms with van der Waals surface area (Å²) in [5.41, 5.74) is 2.93. The first-order valence-electron chi connectivity index (χ1n) is 5.30. The maximum absolute atomic E-state index is 2.24. The molecular weight excluding hydrogens is 200 g/mol. The van der Waals surface area contributed by atoms with E-state index in [0.29, 0.717) is 0 Å². The van der Waals surface area contributed by atoms with E-state index in [1.807, 2.05) is 11.8 Å². The molecule has 0 atom stereocenters. The van der Waals surface area contributed by atoms with E-state index in [-0.39, 0.29) is 5.41 Å². The molecule has 82 valence electrons. The first kappa shape index (κ1) is 12.4. The van der Waals surface area contributed by atoms with Crippen LogP contribution in [0.3, 0.4) is 0 Å². The fraction of sp³-hybridized carbons (Fsp3) is 0.429. The Morgan fingerprint density at radius 1 is 1.13 bits per heavy atom. The van der Waals surface area contributed by atoms with E-state index in [1.54, 1.807) is 0 Å². The molecule has 0 unspecified atom stereocenters. The lowest BCUT2D eigenvalue weighted by Crippen LogP contribution is -2.10. The Labute approximate surface area is 97.8 Å². The molecule has 0 aromatic heterocycles. The number of rotatable bonds is 3. The maximum Gasteiger partial charge on any atom is 0.0113 e. The Bertz CT molecular complexity index is 314. The van der Waals surface area contributed by atoms with Crippen molar-refractivity contribution in [2.45, 2.75) is 26.2 Å². The molecule has 0 aliphatic carbocycles. The van der Waals surface area contributed by atoms with Gasteiger partial charge in [0, 0.05) is 5.75 Å².